The van der Waals surface area contributed by atoms with Crippen molar-refractivity contribution in [3.8, 4) is 0 Å². The molecule has 20 heavy (non-hydrogen) atoms. The van der Waals surface area contributed by atoms with Gasteiger partial charge in [0.1, 0.15) is 17.2 Å². The maximum atomic E-state index is 12.2. The fourth-order valence-electron chi connectivity index (χ4n) is 1.82. The SMILES string of the molecule is CC(C)(C)OC(=O)[C@@H]1CNCCN1C(=O)OC(C)(C)C. The Labute approximate surface area is 120 Å². The van der Waals surface area contributed by atoms with Gasteiger partial charge in [0.25, 0.3) is 0 Å². The Hall–Kier alpha value is -1.30. The van der Waals surface area contributed by atoms with Crippen LogP contribution in [-0.2, 0) is 14.3 Å². The molecule has 1 fully saturated rings. The minimum absolute atomic E-state index is 0.383. The lowest BCUT2D eigenvalue weighted by Gasteiger charge is -2.36. The van der Waals surface area contributed by atoms with E-state index in [9.17, 15) is 9.59 Å². The number of carbonyl (C=O) groups is 2. The van der Waals surface area contributed by atoms with Gasteiger partial charge in [0.05, 0.1) is 0 Å². The Morgan fingerprint density at radius 1 is 1.05 bits per heavy atom. The van der Waals surface area contributed by atoms with Crippen molar-refractivity contribution in [1.29, 1.82) is 0 Å². The molecule has 6 nitrogen and oxygen atoms in total. The predicted molar refractivity (Wildman–Crippen MR) is 75.4 cm³/mol. The van der Waals surface area contributed by atoms with Crippen LogP contribution in [0.3, 0.4) is 0 Å². The highest BCUT2D eigenvalue weighted by Crippen LogP contribution is 2.16. The lowest BCUT2D eigenvalue weighted by molar-refractivity contribution is -0.161. The second-order valence-electron chi connectivity index (χ2n) is 6.93. The van der Waals surface area contributed by atoms with Crippen molar-refractivity contribution in [2.45, 2.75) is 58.8 Å². The van der Waals surface area contributed by atoms with E-state index in [0.717, 1.165) is 0 Å². The second-order valence-corrected chi connectivity index (χ2v) is 6.93. The first-order valence-electron chi connectivity index (χ1n) is 6.93. The van der Waals surface area contributed by atoms with Crippen LogP contribution < -0.4 is 5.32 Å². The van der Waals surface area contributed by atoms with Gasteiger partial charge in [0, 0.05) is 19.6 Å². The first-order chi connectivity index (χ1) is 8.99. The van der Waals surface area contributed by atoms with E-state index in [4.69, 9.17) is 9.47 Å². The van der Waals surface area contributed by atoms with Gasteiger partial charge in [-0.3, -0.25) is 4.90 Å². The zero-order valence-corrected chi connectivity index (χ0v) is 13.3. The van der Waals surface area contributed by atoms with E-state index in [-0.39, 0.29) is 0 Å². The molecule has 1 heterocycles. The number of rotatable bonds is 1. The molecule has 6 heteroatoms. The third kappa shape index (κ3) is 5.36. The number of hydrogen-bond donors (Lipinski definition) is 1. The number of nitrogens with one attached hydrogen (secondary N) is 1. The first-order valence-corrected chi connectivity index (χ1v) is 6.93. The van der Waals surface area contributed by atoms with Gasteiger partial charge in [-0.1, -0.05) is 0 Å². The van der Waals surface area contributed by atoms with Crippen LogP contribution in [0.2, 0.25) is 0 Å². The Bertz CT molecular complexity index is 332. The van der Waals surface area contributed by atoms with Gasteiger partial charge in [-0.2, -0.15) is 0 Å². The molecule has 0 aliphatic carbocycles. The normalized spacial score (nSPS) is 20.5. The van der Waals surface area contributed by atoms with E-state index < -0.39 is 29.3 Å². The van der Waals surface area contributed by atoms with Gasteiger partial charge in [-0.25, -0.2) is 9.59 Å². The van der Waals surface area contributed by atoms with E-state index in [1.54, 1.807) is 41.5 Å². The standard InChI is InChI=1S/C14H26N2O4/c1-13(2,3)19-11(17)10-9-15-7-8-16(10)12(18)20-14(4,5)6/h10,15H,7-9H2,1-6H3/t10-/m0/s1. The molecule has 0 aromatic carbocycles. The number of piperazine rings is 1. The third-order valence-electron chi connectivity index (χ3n) is 2.55. The molecule has 1 rings (SSSR count). The maximum Gasteiger partial charge on any atom is 0.411 e. The zero-order valence-electron chi connectivity index (χ0n) is 13.3. The van der Waals surface area contributed by atoms with Crippen molar-refractivity contribution in [1.82, 2.24) is 10.2 Å². The number of ether oxygens (including phenoxy) is 2. The zero-order chi connectivity index (χ0) is 15.6. The molecule has 1 atom stereocenters. The van der Waals surface area contributed by atoms with E-state index >= 15 is 0 Å². The van der Waals surface area contributed by atoms with Gasteiger partial charge >= 0.3 is 12.1 Å². The van der Waals surface area contributed by atoms with E-state index in [0.29, 0.717) is 19.6 Å². The van der Waals surface area contributed by atoms with Crippen molar-refractivity contribution < 1.29 is 19.1 Å². The van der Waals surface area contributed by atoms with Crippen LogP contribution in [0, 0.1) is 0 Å². The third-order valence-corrected chi connectivity index (χ3v) is 2.55. The van der Waals surface area contributed by atoms with Crippen LogP contribution >= 0.6 is 0 Å². The summed E-state index contributed by atoms with van der Waals surface area (Å²) in [5, 5.41) is 3.10. The number of carbonyl (C=O) groups excluding carboxylic acids is 2. The molecule has 0 aromatic rings. The van der Waals surface area contributed by atoms with Crippen LogP contribution in [0.4, 0.5) is 4.79 Å². The lowest BCUT2D eigenvalue weighted by Crippen LogP contribution is -2.58. The molecular formula is C14H26N2O4. The van der Waals surface area contributed by atoms with Gasteiger partial charge in [0.15, 0.2) is 0 Å². The van der Waals surface area contributed by atoms with Crippen molar-refractivity contribution in [3.63, 3.8) is 0 Å². The highest BCUT2D eigenvalue weighted by atomic mass is 16.6. The number of esters is 1. The molecular weight excluding hydrogens is 260 g/mol. The van der Waals surface area contributed by atoms with Crippen LogP contribution in [-0.4, -0.2) is 53.8 Å². The minimum Gasteiger partial charge on any atom is -0.458 e. The molecule has 0 aromatic heterocycles. The summed E-state index contributed by atoms with van der Waals surface area (Å²) in [4.78, 5) is 25.8. The number of hydrogen-bond acceptors (Lipinski definition) is 5. The van der Waals surface area contributed by atoms with E-state index in [1.165, 1.54) is 4.90 Å². The lowest BCUT2D eigenvalue weighted by atomic mass is 10.1. The van der Waals surface area contributed by atoms with Crippen molar-refractivity contribution in [2.75, 3.05) is 19.6 Å². The topological polar surface area (TPSA) is 67.9 Å². The molecule has 1 aliphatic rings. The smallest absolute Gasteiger partial charge is 0.411 e. The Morgan fingerprint density at radius 3 is 2.10 bits per heavy atom. The van der Waals surface area contributed by atoms with Gasteiger partial charge in [-0.05, 0) is 41.5 Å². The molecule has 1 saturated heterocycles. The average molecular weight is 286 g/mol. The number of amides is 1. The first kappa shape index (κ1) is 16.8. The quantitative estimate of drug-likeness (QED) is 0.741. The minimum atomic E-state index is -0.641. The molecule has 1 aliphatic heterocycles. The van der Waals surface area contributed by atoms with Crippen molar-refractivity contribution in [2.24, 2.45) is 0 Å². The summed E-state index contributed by atoms with van der Waals surface area (Å²) >= 11 is 0. The summed E-state index contributed by atoms with van der Waals surface area (Å²) in [6, 6.07) is -0.641. The largest absolute Gasteiger partial charge is 0.458 e. The highest BCUT2D eigenvalue weighted by Gasteiger charge is 2.37. The van der Waals surface area contributed by atoms with Crippen molar-refractivity contribution >= 4 is 12.1 Å². The molecule has 0 radical (unpaired) electrons. The van der Waals surface area contributed by atoms with Crippen LogP contribution in [0.15, 0.2) is 0 Å². The molecule has 1 N–H and O–H groups in total. The maximum absolute atomic E-state index is 12.2. The van der Waals surface area contributed by atoms with Gasteiger partial charge in [0.2, 0.25) is 0 Å². The summed E-state index contributed by atoms with van der Waals surface area (Å²) in [7, 11) is 0. The molecule has 0 unspecified atom stereocenters. The summed E-state index contributed by atoms with van der Waals surface area (Å²) in [5.41, 5.74) is -1.16. The summed E-state index contributed by atoms with van der Waals surface area (Å²) < 4.78 is 10.7. The molecule has 116 valence electrons. The highest BCUT2D eigenvalue weighted by molar-refractivity contribution is 5.82. The average Bonchev–Trinajstić information content (AvgIpc) is 2.24. The Balaban J connectivity index is 2.76. The predicted octanol–water partition coefficient (Wildman–Crippen LogP) is 1.54. The molecule has 1 amide bonds. The molecule has 0 saturated carbocycles. The monoisotopic (exact) mass is 286 g/mol. The second kappa shape index (κ2) is 5.99. The number of nitrogens with zero attached hydrogens (tertiary/aromatic N) is 1. The van der Waals surface area contributed by atoms with Gasteiger partial charge < -0.3 is 14.8 Å². The van der Waals surface area contributed by atoms with Crippen LogP contribution in [0.1, 0.15) is 41.5 Å². The Morgan fingerprint density at radius 2 is 1.60 bits per heavy atom. The Kier molecular flexibility index (Phi) is 5.02. The molecule has 0 spiro atoms. The fourth-order valence-corrected chi connectivity index (χ4v) is 1.82. The van der Waals surface area contributed by atoms with Gasteiger partial charge in [-0.15, -0.1) is 0 Å². The van der Waals surface area contributed by atoms with Crippen molar-refractivity contribution in [3.05, 3.63) is 0 Å². The van der Waals surface area contributed by atoms with Crippen LogP contribution in [0.25, 0.3) is 0 Å². The molecule has 0 bridgehead atoms. The fraction of sp³-hybridized carbons (Fsp3) is 0.857. The van der Waals surface area contributed by atoms with E-state index in [1.807, 2.05) is 0 Å². The summed E-state index contributed by atoms with van der Waals surface area (Å²) in [6.45, 7) is 12.3. The summed E-state index contributed by atoms with van der Waals surface area (Å²) in [6.07, 6.45) is -0.477. The van der Waals surface area contributed by atoms with Crippen LogP contribution in [0.5, 0.6) is 0 Å². The van der Waals surface area contributed by atoms with E-state index in [2.05, 4.69) is 5.32 Å². The summed E-state index contributed by atoms with van der Waals surface area (Å²) in [5.74, 6) is -0.407.